The van der Waals surface area contributed by atoms with Crippen LogP contribution in [0.2, 0.25) is 0 Å². The number of allylic oxidation sites excluding steroid dienone is 12. The van der Waals surface area contributed by atoms with Crippen LogP contribution in [0.25, 0.3) is 0 Å². The van der Waals surface area contributed by atoms with Crippen LogP contribution >= 0.6 is 0 Å². The molecular formula is C17H14. The van der Waals surface area contributed by atoms with Crippen molar-refractivity contribution in [2.75, 3.05) is 0 Å². The van der Waals surface area contributed by atoms with E-state index in [-0.39, 0.29) is 0 Å². The molecule has 0 heterocycles. The van der Waals surface area contributed by atoms with Crippen LogP contribution in [0.3, 0.4) is 0 Å². The molecule has 0 aromatic heterocycles. The molecule has 5 aliphatic carbocycles. The summed E-state index contributed by atoms with van der Waals surface area (Å²) in [5.41, 5.74) is 13.3. The van der Waals surface area contributed by atoms with Gasteiger partial charge in [-0.3, -0.25) is 0 Å². The van der Waals surface area contributed by atoms with Gasteiger partial charge in [0.25, 0.3) is 0 Å². The third-order valence-electron chi connectivity index (χ3n) is 4.89. The maximum Gasteiger partial charge on any atom is -0.00455 e. The Labute approximate surface area is 101 Å². The van der Waals surface area contributed by atoms with Crippen molar-refractivity contribution in [3.8, 4) is 0 Å². The predicted octanol–water partition coefficient (Wildman–Crippen LogP) is 4.30. The van der Waals surface area contributed by atoms with Gasteiger partial charge in [0.2, 0.25) is 0 Å². The molecule has 0 spiro atoms. The van der Waals surface area contributed by atoms with Gasteiger partial charge in [-0.25, -0.2) is 0 Å². The molecule has 17 heavy (non-hydrogen) atoms. The highest BCUT2D eigenvalue weighted by atomic mass is 14.4. The second-order valence-electron chi connectivity index (χ2n) is 5.70. The Morgan fingerprint density at radius 2 is 1.59 bits per heavy atom. The zero-order valence-corrected chi connectivity index (χ0v) is 9.84. The van der Waals surface area contributed by atoms with Crippen molar-refractivity contribution in [1.82, 2.24) is 0 Å². The molecule has 0 saturated carbocycles. The van der Waals surface area contributed by atoms with Crippen molar-refractivity contribution >= 4 is 0 Å². The first-order valence-corrected chi connectivity index (χ1v) is 6.64. The molecule has 0 N–H and O–H groups in total. The van der Waals surface area contributed by atoms with Crippen LogP contribution in [0.1, 0.15) is 32.1 Å². The third kappa shape index (κ3) is 0.878. The molecule has 0 radical (unpaired) electrons. The normalized spacial score (nSPS) is 27.8. The number of hydrogen-bond donors (Lipinski definition) is 0. The first-order valence-electron chi connectivity index (χ1n) is 6.64. The van der Waals surface area contributed by atoms with Gasteiger partial charge in [-0.1, -0.05) is 35.5 Å². The largest absolute Gasteiger partial charge is 0.0798 e. The molecule has 0 amide bonds. The van der Waals surface area contributed by atoms with Gasteiger partial charge >= 0.3 is 0 Å². The Hall–Kier alpha value is -1.56. The molecule has 0 heteroatoms. The number of rotatable bonds is 0. The van der Waals surface area contributed by atoms with Gasteiger partial charge in [0.15, 0.2) is 0 Å². The van der Waals surface area contributed by atoms with Crippen LogP contribution in [-0.4, -0.2) is 0 Å². The number of hydrogen-bond acceptors (Lipinski definition) is 0. The highest BCUT2D eigenvalue weighted by Crippen LogP contribution is 2.56. The summed E-state index contributed by atoms with van der Waals surface area (Å²) in [5.74, 6) is 0. The molecule has 0 aliphatic heterocycles. The van der Waals surface area contributed by atoms with E-state index in [0.29, 0.717) is 0 Å². The first kappa shape index (κ1) is 8.52. The smallest absolute Gasteiger partial charge is 0.00455 e. The summed E-state index contributed by atoms with van der Waals surface area (Å²) in [4.78, 5) is 0. The summed E-state index contributed by atoms with van der Waals surface area (Å²) in [6, 6.07) is 0. The fraction of sp³-hybridized carbons (Fsp3) is 0.294. The molecule has 0 aromatic carbocycles. The lowest BCUT2D eigenvalue weighted by Crippen LogP contribution is -1.90. The molecule has 0 aromatic rings. The molecule has 0 nitrogen and oxygen atoms in total. The lowest BCUT2D eigenvalue weighted by Gasteiger charge is -2.08. The maximum atomic E-state index is 2.36. The maximum absolute atomic E-state index is 2.36. The van der Waals surface area contributed by atoms with Gasteiger partial charge in [-0.05, 0) is 65.5 Å². The second kappa shape index (κ2) is 2.64. The van der Waals surface area contributed by atoms with E-state index in [1.54, 1.807) is 44.6 Å². The van der Waals surface area contributed by atoms with Gasteiger partial charge in [0, 0.05) is 0 Å². The van der Waals surface area contributed by atoms with Crippen molar-refractivity contribution in [1.29, 1.82) is 0 Å². The predicted molar refractivity (Wildman–Crippen MR) is 69.5 cm³/mol. The Bertz CT molecular complexity index is 654. The van der Waals surface area contributed by atoms with Crippen molar-refractivity contribution in [3.05, 3.63) is 68.9 Å². The third-order valence-corrected chi connectivity index (χ3v) is 4.89. The summed E-state index contributed by atoms with van der Waals surface area (Å²) in [7, 11) is 0. The topological polar surface area (TPSA) is 0 Å². The summed E-state index contributed by atoms with van der Waals surface area (Å²) in [6.07, 6.45) is 15.5. The quantitative estimate of drug-likeness (QED) is 0.568. The van der Waals surface area contributed by atoms with Crippen LogP contribution in [0.15, 0.2) is 68.9 Å². The highest BCUT2D eigenvalue weighted by molar-refractivity contribution is 5.74. The van der Waals surface area contributed by atoms with Crippen molar-refractivity contribution in [2.45, 2.75) is 32.1 Å². The molecule has 5 aliphatic rings. The standard InChI is InChI=1S/C17H14/c1-4-11-8-16-15(13(11)5-1)9-12-7-10-3-2-6-14(10)17(12)16/h1-3,5H,4,6-9H2. The van der Waals surface area contributed by atoms with Crippen LogP contribution in [0, 0.1) is 0 Å². The molecule has 82 valence electrons. The van der Waals surface area contributed by atoms with Crippen molar-refractivity contribution < 1.29 is 0 Å². The van der Waals surface area contributed by atoms with E-state index >= 15 is 0 Å². The molecule has 5 rings (SSSR count). The summed E-state index contributed by atoms with van der Waals surface area (Å²) >= 11 is 0. The van der Waals surface area contributed by atoms with E-state index in [9.17, 15) is 0 Å². The Balaban J connectivity index is 1.65. The molecule has 0 bridgehead atoms. The first-order chi connectivity index (χ1) is 8.42. The molecule has 0 unspecified atom stereocenters. The van der Waals surface area contributed by atoms with Crippen molar-refractivity contribution in [2.24, 2.45) is 0 Å². The van der Waals surface area contributed by atoms with E-state index in [4.69, 9.17) is 0 Å². The lowest BCUT2D eigenvalue weighted by molar-refractivity contribution is 1.07. The van der Waals surface area contributed by atoms with Gasteiger partial charge in [-0.15, -0.1) is 0 Å². The van der Waals surface area contributed by atoms with Gasteiger partial charge in [-0.2, -0.15) is 0 Å². The zero-order valence-electron chi connectivity index (χ0n) is 9.84. The SMILES string of the molecule is C1=CC2=C(C1)CC1=C2CC2=C1C1=C(C=CC1)C2. The Morgan fingerprint density at radius 1 is 0.706 bits per heavy atom. The second-order valence-corrected chi connectivity index (χ2v) is 5.70. The monoisotopic (exact) mass is 218 g/mol. The summed E-state index contributed by atoms with van der Waals surface area (Å²) < 4.78 is 0. The van der Waals surface area contributed by atoms with Gasteiger partial charge < -0.3 is 0 Å². The number of fused-ring (bicyclic) bond motifs is 3. The fourth-order valence-corrected chi connectivity index (χ4v) is 4.22. The minimum Gasteiger partial charge on any atom is -0.0798 e. The fourth-order valence-electron chi connectivity index (χ4n) is 4.22. The highest BCUT2D eigenvalue weighted by Gasteiger charge is 2.38. The van der Waals surface area contributed by atoms with E-state index in [1.807, 2.05) is 0 Å². The van der Waals surface area contributed by atoms with E-state index in [1.165, 1.54) is 32.1 Å². The molecule has 0 atom stereocenters. The van der Waals surface area contributed by atoms with Crippen LogP contribution in [-0.2, 0) is 0 Å². The van der Waals surface area contributed by atoms with Gasteiger partial charge in [0.05, 0.1) is 0 Å². The minimum atomic E-state index is 1.19. The summed E-state index contributed by atoms with van der Waals surface area (Å²) in [5, 5.41) is 0. The Morgan fingerprint density at radius 3 is 2.59 bits per heavy atom. The molecular weight excluding hydrogens is 204 g/mol. The van der Waals surface area contributed by atoms with Gasteiger partial charge in [0.1, 0.15) is 0 Å². The Kier molecular flexibility index (Phi) is 1.32. The van der Waals surface area contributed by atoms with Crippen LogP contribution in [0.4, 0.5) is 0 Å². The zero-order chi connectivity index (χ0) is 11.0. The minimum absolute atomic E-state index is 1.19. The van der Waals surface area contributed by atoms with E-state index in [0.717, 1.165) is 0 Å². The van der Waals surface area contributed by atoms with Crippen LogP contribution in [0.5, 0.6) is 0 Å². The summed E-state index contributed by atoms with van der Waals surface area (Å²) in [6.45, 7) is 0. The molecule has 0 saturated heterocycles. The average Bonchev–Trinajstić information content (AvgIpc) is 2.97. The van der Waals surface area contributed by atoms with Crippen LogP contribution < -0.4 is 0 Å². The average molecular weight is 218 g/mol. The van der Waals surface area contributed by atoms with E-state index < -0.39 is 0 Å². The molecule has 0 fully saturated rings. The van der Waals surface area contributed by atoms with E-state index in [2.05, 4.69) is 24.3 Å². The lowest BCUT2D eigenvalue weighted by atomic mass is 9.96. The van der Waals surface area contributed by atoms with Crippen molar-refractivity contribution in [3.63, 3.8) is 0 Å².